The van der Waals surface area contributed by atoms with Crippen molar-refractivity contribution in [3.63, 3.8) is 0 Å². The number of Topliss-reactive ketones (excluding diaryl/α,β-unsaturated/α-hetero) is 1. The molecular formula is C31H60O11P2. The van der Waals surface area contributed by atoms with Crippen molar-refractivity contribution in [2.45, 2.75) is 149 Å². The van der Waals surface area contributed by atoms with Crippen LogP contribution in [0.3, 0.4) is 0 Å². The monoisotopic (exact) mass is 670 g/mol. The van der Waals surface area contributed by atoms with Gasteiger partial charge in [-0.05, 0) is 67.0 Å². The van der Waals surface area contributed by atoms with Gasteiger partial charge in [-0.2, -0.15) is 0 Å². The molecule has 0 saturated carbocycles. The molecule has 2 heterocycles. The van der Waals surface area contributed by atoms with Crippen molar-refractivity contribution < 1.29 is 51.6 Å². The van der Waals surface area contributed by atoms with E-state index in [-0.39, 0.29) is 74.2 Å². The summed E-state index contributed by atoms with van der Waals surface area (Å²) in [6.45, 7) is 14.3. The lowest BCUT2D eigenvalue weighted by molar-refractivity contribution is -0.118. The Bertz CT molecular complexity index is 930. The topological polar surface area (TPSA) is 131 Å². The summed E-state index contributed by atoms with van der Waals surface area (Å²) in [6.07, 6.45) is 12.2. The highest BCUT2D eigenvalue weighted by Gasteiger charge is 2.38. The van der Waals surface area contributed by atoms with Crippen molar-refractivity contribution in [3.05, 3.63) is 0 Å². The third-order valence-corrected chi connectivity index (χ3v) is 9.80. The summed E-state index contributed by atoms with van der Waals surface area (Å²) < 4.78 is 47.0. The van der Waals surface area contributed by atoms with E-state index in [1.54, 1.807) is 0 Å². The normalized spacial score (nSPS) is 29.2. The van der Waals surface area contributed by atoms with Gasteiger partial charge in [0.05, 0.1) is 63.1 Å². The highest BCUT2D eigenvalue weighted by Crippen LogP contribution is 2.48. The second-order valence-electron chi connectivity index (χ2n) is 12.7. The van der Waals surface area contributed by atoms with Crippen LogP contribution < -0.4 is 0 Å². The Balaban J connectivity index is 1.94. The molecule has 0 spiro atoms. The molecule has 2 aliphatic rings. The SMILES string of the molecule is C=P(O)(OCC(CCCCCC(=O)CC)COP(=C)(O)OC1CC(C)OC1COC(C)C)OCC1OC(C)CC1OC(C)C. The van der Waals surface area contributed by atoms with Crippen LogP contribution in [0.5, 0.6) is 0 Å². The number of unbranched alkanes of at least 4 members (excludes halogenated alkanes) is 2. The predicted molar refractivity (Wildman–Crippen MR) is 176 cm³/mol. The van der Waals surface area contributed by atoms with Gasteiger partial charge in [-0.1, -0.05) is 19.8 Å². The van der Waals surface area contributed by atoms with Gasteiger partial charge < -0.3 is 46.8 Å². The molecule has 2 fully saturated rings. The molecule has 13 heteroatoms. The maximum absolute atomic E-state index is 11.7. The van der Waals surface area contributed by atoms with Gasteiger partial charge in [0.25, 0.3) is 0 Å². The standard InChI is InChI=1S/C31H60O11P2/c1-10-27(32)15-13-11-12-14-26(18-36-43(8,33)38-21-31-28(39-23(4)5)16-24(6)41-31)19-37-44(9,34)42-29-17-25(7)40-30(29)20-35-22(2)3/h22-26,28-31,33-34H,8-21H2,1-7H3. The average Bonchev–Trinajstić information content (AvgIpc) is 3.45. The Hall–Kier alpha value is -0.130. The maximum Gasteiger partial charge on any atom is 0.248 e. The summed E-state index contributed by atoms with van der Waals surface area (Å²) in [5, 5.41) is 0. The predicted octanol–water partition coefficient (Wildman–Crippen LogP) is 5.91. The van der Waals surface area contributed by atoms with Crippen molar-refractivity contribution in [3.8, 4) is 0 Å². The molecule has 0 aromatic carbocycles. The van der Waals surface area contributed by atoms with Gasteiger partial charge in [0, 0.05) is 31.6 Å². The summed E-state index contributed by atoms with van der Waals surface area (Å²) in [5.41, 5.74) is 0. The highest BCUT2D eigenvalue weighted by molar-refractivity contribution is 7.58. The molecule has 0 amide bonds. The Morgan fingerprint density at radius 3 is 2.02 bits per heavy atom. The van der Waals surface area contributed by atoms with Gasteiger partial charge in [-0.15, -0.1) is 0 Å². The quantitative estimate of drug-likeness (QED) is 0.0993. The molecule has 0 radical (unpaired) electrons. The van der Waals surface area contributed by atoms with Gasteiger partial charge in [0.1, 0.15) is 18.0 Å². The first kappa shape index (κ1) is 40.0. The van der Waals surface area contributed by atoms with Crippen LogP contribution in [0.4, 0.5) is 0 Å². The van der Waals surface area contributed by atoms with E-state index in [0.29, 0.717) is 32.3 Å². The van der Waals surface area contributed by atoms with Gasteiger partial charge in [0.15, 0.2) is 0 Å². The summed E-state index contributed by atoms with van der Waals surface area (Å²) >= 11 is 0. The zero-order chi connectivity index (χ0) is 32.9. The van der Waals surface area contributed by atoms with Gasteiger partial charge in [0.2, 0.25) is 15.1 Å². The van der Waals surface area contributed by atoms with Crippen LogP contribution in [-0.2, 0) is 41.8 Å². The fourth-order valence-corrected chi connectivity index (χ4v) is 7.31. The van der Waals surface area contributed by atoms with E-state index in [1.807, 2.05) is 48.5 Å². The number of rotatable bonds is 23. The molecule has 0 aliphatic carbocycles. The third-order valence-electron chi connectivity index (χ3n) is 7.54. The average molecular weight is 671 g/mol. The molecule has 2 rings (SSSR count). The lowest BCUT2D eigenvalue weighted by Crippen LogP contribution is -2.31. The van der Waals surface area contributed by atoms with E-state index in [2.05, 4.69) is 12.6 Å². The lowest BCUT2D eigenvalue weighted by atomic mass is 10.0. The number of carbonyl (C=O) groups is 1. The minimum absolute atomic E-state index is 0.0302. The second kappa shape index (κ2) is 19.6. The maximum atomic E-state index is 11.7. The first-order valence-electron chi connectivity index (χ1n) is 16.2. The molecule has 0 aromatic rings. The van der Waals surface area contributed by atoms with Gasteiger partial charge in [-0.25, -0.2) is 0 Å². The van der Waals surface area contributed by atoms with E-state index >= 15 is 0 Å². The Kier molecular flexibility index (Phi) is 17.9. The van der Waals surface area contributed by atoms with E-state index < -0.39 is 21.2 Å². The molecule has 0 bridgehead atoms. The van der Waals surface area contributed by atoms with Crippen LogP contribution in [-0.4, -0.2) is 103 Å². The van der Waals surface area contributed by atoms with Crippen LogP contribution in [0, 0.1) is 5.92 Å². The smallest absolute Gasteiger partial charge is 0.248 e. The zero-order valence-corrected chi connectivity index (χ0v) is 29.8. The molecule has 2 N–H and O–H groups in total. The van der Waals surface area contributed by atoms with Crippen LogP contribution in [0.25, 0.3) is 0 Å². The highest BCUT2D eigenvalue weighted by atomic mass is 31.2. The van der Waals surface area contributed by atoms with Crippen molar-refractivity contribution >= 4 is 33.5 Å². The van der Waals surface area contributed by atoms with Crippen LogP contribution in [0.2, 0.25) is 0 Å². The van der Waals surface area contributed by atoms with Crippen molar-refractivity contribution in [2.24, 2.45) is 5.92 Å². The minimum Gasteiger partial charge on any atom is -0.376 e. The molecule has 260 valence electrons. The van der Waals surface area contributed by atoms with Crippen molar-refractivity contribution in [2.75, 3.05) is 26.4 Å². The molecule has 9 atom stereocenters. The number of hydrogen-bond acceptors (Lipinski definition) is 11. The molecule has 44 heavy (non-hydrogen) atoms. The van der Waals surface area contributed by atoms with Crippen LogP contribution in [0.15, 0.2) is 0 Å². The Morgan fingerprint density at radius 1 is 0.841 bits per heavy atom. The summed E-state index contributed by atoms with van der Waals surface area (Å²) in [6, 6.07) is 0. The van der Waals surface area contributed by atoms with E-state index in [9.17, 15) is 14.6 Å². The first-order chi connectivity index (χ1) is 20.6. The van der Waals surface area contributed by atoms with E-state index in [1.165, 1.54) is 0 Å². The number of ether oxygens (including phenoxy) is 4. The molecule has 0 aromatic heterocycles. The molecule has 9 unspecified atom stereocenters. The number of ketones is 1. The lowest BCUT2D eigenvalue weighted by Gasteiger charge is -2.28. The Labute approximate surface area is 266 Å². The fourth-order valence-electron chi connectivity index (χ4n) is 5.26. The summed E-state index contributed by atoms with van der Waals surface area (Å²) in [4.78, 5) is 33.6. The summed E-state index contributed by atoms with van der Waals surface area (Å²) in [7, 11) is -6.88. The van der Waals surface area contributed by atoms with Gasteiger partial charge in [-0.3, -0.25) is 4.79 Å². The number of carbonyl (C=O) groups excluding carboxylic acids is 1. The second-order valence-corrected chi connectivity index (χ2v) is 16.2. The largest absolute Gasteiger partial charge is 0.376 e. The van der Waals surface area contributed by atoms with Crippen LogP contribution in [0.1, 0.15) is 99.8 Å². The number of hydrogen-bond donors (Lipinski definition) is 2. The first-order valence-corrected chi connectivity index (χ1v) is 19.8. The van der Waals surface area contributed by atoms with E-state index in [4.69, 9.17) is 37.0 Å². The van der Waals surface area contributed by atoms with Crippen molar-refractivity contribution in [1.82, 2.24) is 0 Å². The minimum atomic E-state index is -3.45. The molecule has 2 saturated heterocycles. The van der Waals surface area contributed by atoms with Crippen LogP contribution >= 0.6 is 15.1 Å². The van der Waals surface area contributed by atoms with Gasteiger partial charge >= 0.3 is 0 Å². The molecular weight excluding hydrogens is 610 g/mol. The fraction of sp³-hybridized carbons (Fsp3) is 0.903. The molecule has 2 aliphatic heterocycles. The van der Waals surface area contributed by atoms with Crippen molar-refractivity contribution in [1.29, 1.82) is 0 Å². The zero-order valence-electron chi connectivity index (χ0n) is 28.1. The summed E-state index contributed by atoms with van der Waals surface area (Å²) in [5.74, 6) is 0.0505. The van der Waals surface area contributed by atoms with E-state index in [0.717, 1.165) is 25.7 Å². The Morgan fingerprint density at radius 2 is 1.43 bits per heavy atom. The molecule has 11 nitrogen and oxygen atoms in total. The third kappa shape index (κ3) is 16.1.